The van der Waals surface area contributed by atoms with Crippen molar-refractivity contribution in [2.45, 2.75) is 26.3 Å². The Hall–Kier alpha value is -1.82. The second-order valence-corrected chi connectivity index (χ2v) is 4.75. The molecular formula is C14H21N3O2S. The van der Waals surface area contributed by atoms with E-state index < -0.39 is 0 Å². The molecule has 0 saturated heterocycles. The monoisotopic (exact) mass is 295 g/mol. The fourth-order valence-corrected chi connectivity index (χ4v) is 1.83. The molecule has 1 rings (SSSR count). The fraction of sp³-hybridized carbons (Fsp3) is 0.429. The predicted molar refractivity (Wildman–Crippen MR) is 85.1 cm³/mol. The first-order valence-electron chi connectivity index (χ1n) is 6.56. The van der Waals surface area contributed by atoms with Gasteiger partial charge in [0.15, 0.2) is 5.11 Å². The van der Waals surface area contributed by atoms with E-state index in [1.807, 2.05) is 31.2 Å². The Bertz CT molecular complexity index is 465. The molecule has 0 saturated carbocycles. The van der Waals surface area contributed by atoms with E-state index in [0.29, 0.717) is 11.7 Å². The van der Waals surface area contributed by atoms with Crippen molar-refractivity contribution in [1.29, 1.82) is 0 Å². The molecule has 5 nitrogen and oxygen atoms in total. The predicted octanol–water partition coefficient (Wildman–Crippen LogP) is 1.90. The van der Waals surface area contributed by atoms with Crippen LogP contribution in [0.25, 0.3) is 0 Å². The molecule has 20 heavy (non-hydrogen) atoms. The Morgan fingerprint density at radius 2 is 2.20 bits per heavy atom. The van der Waals surface area contributed by atoms with Crippen LogP contribution in [0, 0.1) is 0 Å². The number of ether oxygens (including phenoxy) is 1. The zero-order valence-corrected chi connectivity index (χ0v) is 12.8. The summed E-state index contributed by atoms with van der Waals surface area (Å²) in [6.45, 7) is 4.44. The quantitative estimate of drug-likeness (QED) is 0.700. The van der Waals surface area contributed by atoms with E-state index in [2.05, 4.69) is 16.0 Å². The van der Waals surface area contributed by atoms with Crippen molar-refractivity contribution in [1.82, 2.24) is 10.6 Å². The van der Waals surface area contributed by atoms with Gasteiger partial charge < -0.3 is 20.7 Å². The topological polar surface area (TPSA) is 62.4 Å². The number of amides is 1. The van der Waals surface area contributed by atoms with E-state index >= 15 is 0 Å². The molecule has 6 heteroatoms. The molecule has 0 unspecified atom stereocenters. The number of carbonyl (C=O) groups excluding carboxylic acids is 1. The first-order chi connectivity index (χ1) is 9.56. The summed E-state index contributed by atoms with van der Waals surface area (Å²) in [7, 11) is 1.61. The van der Waals surface area contributed by atoms with Crippen molar-refractivity contribution in [3.8, 4) is 5.75 Å². The molecule has 0 aromatic heterocycles. The highest BCUT2D eigenvalue weighted by Gasteiger charge is 2.12. The molecule has 3 N–H and O–H groups in total. The van der Waals surface area contributed by atoms with Crippen LogP contribution < -0.4 is 20.7 Å². The zero-order chi connectivity index (χ0) is 15.0. The van der Waals surface area contributed by atoms with E-state index in [-0.39, 0.29) is 11.9 Å². The fourth-order valence-electron chi connectivity index (χ4n) is 1.53. The molecule has 1 aromatic carbocycles. The zero-order valence-electron chi connectivity index (χ0n) is 12.0. The number of hydrogen-bond donors (Lipinski definition) is 3. The molecule has 1 aromatic rings. The minimum absolute atomic E-state index is 0.0679. The number of rotatable bonds is 6. The van der Waals surface area contributed by atoms with Crippen molar-refractivity contribution >= 4 is 28.9 Å². The summed E-state index contributed by atoms with van der Waals surface area (Å²) in [5.41, 5.74) is 0.808. The second kappa shape index (κ2) is 8.37. The lowest BCUT2D eigenvalue weighted by Gasteiger charge is -2.16. The summed E-state index contributed by atoms with van der Waals surface area (Å²) in [5.74, 6) is 0.674. The van der Waals surface area contributed by atoms with E-state index in [1.54, 1.807) is 14.0 Å². The Balaban J connectivity index is 2.48. The molecule has 1 atom stereocenters. The van der Waals surface area contributed by atoms with E-state index in [1.165, 1.54) is 0 Å². The van der Waals surface area contributed by atoms with Crippen LogP contribution in [0.15, 0.2) is 24.3 Å². The molecule has 0 radical (unpaired) electrons. The lowest BCUT2D eigenvalue weighted by Crippen LogP contribution is -2.46. The summed E-state index contributed by atoms with van der Waals surface area (Å²) in [4.78, 5) is 11.7. The number of carbonyl (C=O) groups is 1. The van der Waals surface area contributed by atoms with Gasteiger partial charge in [-0.15, -0.1) is 0 Å². The lowest BCUT2D eigenvalue weighted by atomic mass is 10.3. The minimum atomic E-state index is -0.382. The van der Waals surface area contributed by atoms with Crippen LogP contribution in [-0.2, 0) is 4.79 Å². The second-order valence-electron chi connectivity index (χ2n) is 4.34. The van der Waals surface area contributed by atoms with Gasteiger partial charge in [-0.3, -0.25) is 4.79 Å². The van der Waals surface area contributed by atoms with E-state index in [9.17, 15) is 4.79 Å². The molecule has 110 valence electrons. The maximum Gasteiger partial charge on any atom is 0.242 e. The smallest absolute Gasteiger partial charge is 0.242 e. The Morgan fingerprint density at radius 3 is 2.85 bits per heavy atom. The molecule has 0 aliphatic carbocycles. The molecule has 0 heterocycles. The highest BCUT2D eigenvalue weighted by Crippen LogP contribution is 2.16. The van der Waals surface area contributed by atoms with Crippen molar-refractivity contribution in [3.63, 3.8) is 0 Å². The number of nitrogens with one attached hydrogen (secondary N) is 3. The van der Waals surface area contributed by atoms with E-state index in [4.69, 9.17) is 17.0 Å². The average Bonchev–Trinajstić information content (AvgIpc) is 2.44. The molecule has 0 fully saturated rings. The molecule has 0 aliphatic rings. The Kier molecular flexibility index (Phi) is 6.79. The number of thiocarbonyl (C=S) groups is 1. The SMILES string of the molecule is CCCNC(=O)[C@@H](C)NC(=S)Nc1cccc(OC)c1. The third-order valence-electron chi connectivity index (χ3n) is 2.62. The number of anilines is 1. The molecule has 0 spiro atoms. The van der Waals surface area contributed by atoms with Gasteiger partial charge in [0.05, 0.1) is 7.11 Å². The first-order valence-corrected chi connectivity index (χ1v) is 6.97. The van der Waals surface area contributed by atoms with Crippen LogP contribution in [-0.4, -0.2) is 30.7 Å². The van der Waals surface area contributed by atoms with Crippen LogP contribution in [0.5, 0.6) is 5.75 Å². The highest BCUT2D eigenvalue weighted by molar-refractivity contribution is 7.80. The van der Waals surface area contributed by atoms with Gasteiger partial charge in [0.2, 0.25) is 5.91 Å². The van der Waals surface area contributed by atoms with Crippen molar-refractivity contribution < 1.29 is 9.53 Å². The van der Waals surface area contributed by atoms with Crippen molar-refractivity contribution in [2.24, 2.45) is 0 Å². The van der Waals surface area contributed by atoms with Gasteiger partial charge in [0.25, 0.3) is 0 Å². The van der Waals surface area contributed by atoms with Crippen LogP contribution in [0.2, 0.25) is 0 Å². The molecular weight excluding hydrogens is 274 g/mol. The van der Waals surface area contributed by atoms with Crippen molar-refractivity contribution in [3.05, 3.63) is 24.3 Å². The average molecular weight is 295 g/mol. The summed E-state index contributed by atoms with van der Waals surface area (Å²) in [5, 5.41) is 9.17. The van der Waals surface area contributed by atoms with Crippen LogP contribution in [0.3, 0.4) is 0 Å². The summed E-state index contributed by atoms with van der Waals surface area (Å²) >= 11 is 5.18. The summed E-state index contributed by atoms with van der Waals surface area (Å²) < 4.78 is 5.13. The van der Waals surface area contributed by atoms with E-state index in [0.717, 1.165) is 17.9 Å². The van der Waals surface area contributed by atoms with Gasteiger partial charge in [-0.05, 0) is 37.7 Å². The molecule has 1 amide bonds. The molecule has 0 aliphatic heterocycles. The maximum absolute atomic E-state index is 11.7. The largest absolute Gasteiger partial charge is 0.497 e. The minimum Gasteiger partial charge on any atom is -0.497 e. The van der Waals surface area contributed by atoms with Crippen molar-refractivity contribution in [2.75, 3.05) is 19.0 Å². The van der Waals surface area contributed by atoms with Gasteiger partial charge in [-0.2, -0.15) is 0 Å². The summed E-state index contributed by atoms with van der Waals surface area (Å²) in [6.07, 6.45) is 0.908. The van der Waals surface area contributed by atoms with Gasteiger partial charge in [-0.1, -0.05) is 13.0 Å². The van der Waals surface area contributed by atoms with Gasteiger partial charge in [0.1, 0.15) is 11.8 Å². The Morgan fingerprint density at radius 1 is 1.45 bits per heavy atom. The normalized spacial score (nSPS) is 11.3. The van der Waals surface area contributed by atoms with Gasteiger partial charge >= 0.3 is 0 Å². The molecule has 0 bridgehead atoms. The Labute approximate surface area is 125 Å². The highest BCUT2D eigenvalue weighted by atomic mass is 32.1. The standard InChI is InChI=1S/C14H21N3O2S/c1-4-8-15-13(18)10(2)16-14(20)17-11-6-5-7-12(9-11)19-3/h5-7,9-10H,4,8H2,1-3H3,(H,15,18)(H2,16,17,20)/t10-/m1/s1. The number of benzene rings is 1. The first kappa shape index (κ1) is 16.2. The van der Waals surface area contributed by atoms with Crippen LogP contribution in [0.4, 0.5) is 5.69 Å². The van der Waals surface area contributed by atoms with Gasteiger partial charge in [0, 0.05) is 18.3 Å². The number of hydrogen-bond acceptors (Lipinski definition) is 3. The third kappa shape index (κ3) is 5.44. The van der Waals surface area contributed by atoms with Crippen LogP contribution in [0.1, 0.15) is 20.3 Å². The summed E-state index contributed by atoms with van der Waals surface area (Å²) in [6, 6.07) is 7.03. The lowest BCUT2D eigenvalue weighted by molar-refractivity contribution is -0.122. The number of methoxy groups -OCH3 is 1. The maximum atomic E-state index is 11.7. The third-order valence-corrected chi connectivity index (χ3v) is 2.84. The van der Waals surface area contributed by atoms with Crippen LogP contribution >= 0.6 is 12.2 Å². The van der Waals surface area contributed by atoms with Gasteiger partial charge in [-0.25, -0.2) is 0 Å².